The zero-order chi connectivity index (χ0) is 12.5. The van der Waals surface area contributed by atoms with Gasteiger partial charge in [0.15, 0.2) is 0 Å². The molecule has 1 aromatic carbocycles. The summed E-state index contributed by atoms with van der Waals surface area (Å²) in [5, 5.41) is 13.6. The Balaban J connectivity index is 2.18. The van der Waals surface area contributed by atoms with Gasteiger partial charge in [-0.1, -0.05) is 18.2 Å². The van der Waals surface area contributed by atoms with E-state index in [1.165, 1.54) is 0 Å². The fraction of sp³-hybridized carbons (Fsp3) is 0.133. The van der Waals surface area contributed by atoms with Crippen LogP contribution in [0.15, 0.2) is 48.0 Å². The van der Waals surface area contributed by atoms with Gasteiger partial charge in [-0.05, 0) is 41.6 Å². The third kappa shape index (κ3) is 1.82. The normalized spacial score (nSPS) is 12.8. The molecule has 0 spiro atoms. The molecule has 0 aliphatic rings. The summed E-state index contributed by atoms with van der Waals surface area (Å²) in [6.45, 7) is 2.03. The summed E-state index contributed by atoms with van der Waals surface area (Å²) in [5.74, 6) is 0. The van der Waals surface area contributed by atoms with Crippen LogP contribution < -0.4 is 0 Å². The number of benzene rings is 1. The van der Waals surface area contributed by atoms with Gasteiger partial charge in [0.25, 0.3) is 0 Å². The number of thiophene rings is 1. The van der Waals surface area contributed by atoms with Crippen LogP contribution in [0, 0.1) is 6.92 Å². The highest BCUT2D eigenvalue weighted by Gasteiger charge is 2.16. The van der Waals surface area contributed by atoms with E-state index in [0.29, 0.717) is 0 Å². The van der Waals surface area contributed by atoms with Crippen molar-refractivity contribution in [1.29, 1.82) is 0 Å². The standard InChI is InChI=1S/C15H13NOS/c1-10-11(7-9-18-10)15(17)13-4-2-6-14-12(13)5-3-8-16-14/h2-9,15,17H,1H3. The van der Waals surface area contributed by atoms with Crippen LogP contribution in [0.25, 0.3) is 10.9 Å². The smallest absolute Gasteiger partial charge is 0.106 e. The Bertz CT molecular complexity index is 684. The van der Waals surface area contributed by atoms with Gasteiger partial charge in [0.2, 0.25) is 0 Å². The van der Waals surface area contributed by atoms with Gasteiger partial charge < -0.3 is 5.11 Å². The largest absolute Gasteiger partial charge is 0.384 e. The van der Waals surface area contributed by atoms with Crippen LogP contribution in [0.1, 0.15) is 22.1 Å². The molecular weight excluding hydrogens is 242 g/mol. The number of fused-ring (bicyclic) bond motifs is 1. The van der Waals surface area contributed by atoms with Crippen LogP contribution >= 0.6 is 11.3 Å². The van der Waals surface area contributed by atoms with Crippen LogP contribution in [0.4, 0.5) is 0 Å². The number of hydrogen-bond acceptors (Lipinski definition) is 3. The molecule has 3 rings (SSSR count). The Labute approximate surface area is 110 Å². The first-order valence-corrected chi connectivity index (χ1v) is 6.71. The number of rotatable bonds is 2. The molecule has 0 radical (unpaired) electrons. The van der Waals surface area contributed by atoms with Crippen molar-refractivity contribution < 1.29 is 5.11 Å². The number of aliphatic hydroxyl groups excluding tert-OH is 1. The third-order valence-corrected chi connectivity index (χ3v) is 4.03. The van der Waals surface area contributed by atoms with Crippen LogP contribution in [-0.2, 0) is 0 Å². The molecule has 0 saturated carbocycles. The minimum absolute atomic E-state index is 0.579. The summed E-state index contributed by atoms with van der Waals surface area (Å²) in [7, 11) is 0. The SMILES string of the molecule is Cc1sccc1C(O)c1cccc2ncccc12. The summed E-state index contributed by atoms with van der Waals surface area (Å²) in [5.41, 5.74) is 2.82. The Morgan fingerprint density at radius 3 is 2.78 bits per heavy atom. The highest BCUT2D eigenvalue weighted by atomic mass is 32.1. The average molecular weight is 255 g/mol. The highest BCUT2D eigenvalue weighted by Crippen LogP contribution is 2.31. The lowest BCUT2D eigenvalue weighted by molar-refractivity contribution is 0.221. The van der Waals surface area contributed by atoms with Crippen LogP contribution in [0.2, 0.25) is 0 Å². The molecule has 90 valence electrons. The van der Waals surface area contributed by atoms with Gasteiger partial charge in [-0.2, -0.15) is 0 Å². The topological polar surface area (TPSA) is 33.1 Å². The predicted octanol–water partition coefficient (Wildman–Crippen LogP) is 3.69. The lowest BCUT2D eigenvalue weighted by Gasteiger charge is -2.13. The second-order valence-electron chi connectivity index (χ2n) is 4.25. The van der Waals surface area contributed by atoms with Gasteiger partial charge in [0, 0.05) is 16.5 Å². The van der Waals surface area contributed by atoms with Crippen LogP contribution in [0.3, 0.4) is 0 Å². The Morgan fingerprint density at radius 2 is 2.00 bits per heavy atom. The molecule has 0 bridgehead atoms. The second-order valence-corrected chi connectivity index (χ2v) is 5.37. The third-order valence-electron chi connectivity index (χ3n) is 3.17. The molecule has 2 aromatic heterocycles. The quantitative estimate of drug-likeness (QED) is 0.757. The van der Waals surface area contributed by atoms with E-state index < -0.39 is 6.10 Å². The molecular formula is C15H13NOS. The minimum Gasteiger partial charge on any atom is -0.384 e. The lowest BCUT2D eigenvalue weighted by atomic mass is 9.98. The van der Waals surface area contributed by atoms with Gasteiger partial charge in [-0.15, -0.1) is 11.3 Å². The Hall–Kier alpha value is -1.71. The van der Waals surface area contributed by atoms with E-state index in [0.717, 1.165) is 26.9 Å². The van der Waals surface area contributed by atoms with Crippen molar-refractivity contribution in [3.63, 3.8) is 0 Å². The van der Waals surface area contributed by atoms with Crippen molar-refractivity contribution in [2.24, 2.45) is 0 Å². The lowest BCUT2D eigenvalue weighted by Crippen LogP contribution is -2.00. The Morgan fingerprint density at radius 1 is 1.11 bits per heavy atom. The first-order valence-electron chi connectivity index (χ1n) is 5.83. The summed E-state index contributed by atoms with van der Waals surface area (Å²) in [6.07, 6.45) is 1.19. The van der Waals surface area contributed by atoms with E-state index in [4.69, 9.17) is 0 Å². The predicted molar refractivity (Wildman–Crippen MR) is 74.9 cm³/mol. The van der Waals surface area contributed by atoms with Crippen molar-refractivity contribution in [2.45, 2.75) is 13.0 Å². The molecule has 0 saturated heterocycles. The Kier molecular flexibility index (Phi) is 2.86. The number of aryl methyl sites for hydroxylation is 1. The van der Waals surface area contributed by atoms with Crippen molar-refractivity contribution in [3.8, 4) is 0 Å². The van der Waals surface area contributed by atoms with E-state index in [1.54, 1.807) is 17.5 Å². The molecule has 2 heterocycles. The molecule has 0 aliphatic heterocycles. The molecule has 2 nitrogen and oxygen atoms in total. The fourth-order valence-corrected chi connectivity index (χ4v) is 2.95. The van der Waals surface area contributed by atoms with Crippen LogP contribution in [0.5, 0.6) is 0 Å². The highest BCUT2D eigenvalue weighted by molar-refractivity contribution is 7.10. The van der Waals surface area contributed by atoms with Crippen LogP contribution in [-0.4, -0.2) is 10.1 Å². The first kappa shape index (κ1) is 11.4. The molecule has 3 heteroatoms. The number of pyridine rings is 1. The van der Waals surface area contributed by atoms with Crippen molar-refractivity contribution >= 4 is 22.2 Å². The van der Waals surface area contributed by atoms with Gasteiger partial charge >= 0.3 is 0 Å². The fourth-order valence-electron chi connectivity index (χ4n) is 2.21. The van der Waals surface area contributed by atoms with E-state index in [-0.39, 0.29) is 0 Å². The van der Waals surface area contributed by atoms with Gasteiger partial charge in [0.1, 0.15) is 6.10 Å². The molecule has 3 aromatic rings. The number of nitrogens with zero attached hydrogens (tertiary/aromatic N) is 1. The monoisotopic (exact) mass is 255 g/mol. The van der Waals surface area contributed by atoms with Gasteiger partial charge in [-0.25, -0.2) is 0 Å². The summed E-state index contributed by atoms with van der Waals surface area (Å²) >= 11 is 1.66. The van der Waals surface area contributed by atoms with Crippen molar-refractivity contribution in [3.05, 3.63) is 64.0 Å². The maximum Gasteiger partial charge on any atom is 0.106 e. The maximum atomic E-state index is 10.5. The molecule has 0 amide bonds. The zero-order valence-electron chi connectivity index (χ0n) is 10.00. The summed E-state index contributed by atoms with van der Waals surface area (Å²) in [6, 6.07) is 11.8. The summed E-state index contributed by atoms with van der Waals surface area (Å²) < 4.78 is 0. The number of hydrogen-bond donors (Lipinski definition) is 1. The van der Waals surface area contributed by atoms with E-state index >= 15 is 0 Å². The van der Waals surface area contributed by atoms with Gasteiger partial charge in [-0.3, -0.25) is 4.98 Å². The summed E-state index contributed by atoms with van der Waals surface area (Å²) in [4.78, 5) is 5.48. The van der Waals surface area contributed by atoms with E-state index in [9.17, 15) is 5.11 Å². The first-order chi connectivity index (χ1) is 8.77. The molecule has 1 unspecified atom stereocenters. The van der Waals surface area contributed by atoms with Crippen molar-refractivity contribution in [2.75, 3.05) is 0 Å². The van der Waals surface area contributed by atoms with Crippen molar-refractivity contribution in [1.82, 2.24) is 4.98 Å². The number of aromatic nitrogens is 1. The number of aliphatic hydroxyl groups is 1. The van der Waals surface area contributed by atoms with Gasteiger partial charge in [0.05, 0.1) is 5.52 Å². The second kappa shape index (κ2) is 4.52. The molecule has 1 N–H and O–H groups in total. The molecule has 1 atom stereocenters. The molecule has 0 aliphatic carbocycles. The zero-order valence-corrected chi connectivity index (χ0v) is 10.8. The maximum absolute atomic E-state index is 10.5. The van der Waals surface area contributed by atoms with E-state index in [1.807, 2.05) is 48.7 Å². The van der Waals surface area contributed by atoms with E-state index in [2.05, 4.69) is 4.98 Å². The minimum atomic E-state index is -0.579. The average Bonchev–Trinajstić information content (AvgIpc) is 2.83. The molecule has 0 fully saturated rings. The molecule has 18 heavy (non-hydrogen) atoms.